The van der Waals surface area contributed by atoms with Gasteiger partial charge in [-0.2, -0.15) is 0 Å². The summed E-state index contributed by atoms with van der Waals surface area (Å²) in [7, 11) is -2.27. The van der Waals surface area contributed by atoms with Crippen LogP contribution in [-0.4, -0.2) is 42.5 Å². The van der Waals surface area contributed by atoms with Gasteiger partial charge in [-0.3, -0.25) is 9.10 Å². The normalized spacial score (nSPS) is 13.4. The van der Waals surface area contributed by atoms with Crippen LogP contribution < -0.4 is 4.31 Å². The highest BCUT2D eigenvalue weighted by Gasteiger charge is 2.34. The molecular weight excluding hydrogens is 500 g/mol. The highest BCUT2D eigenvalue weighted by atomic mass is 35.5. The van der Waals surface area contributed by atoms with E-state index < -0.39 is 10.0 Å². The molecule has 4 aromatic rings. The van der Waals surface area contributed by atoms with E-state index in [1.54, 1.807) is 41.3 Å². The second-order valence-electron chi connectivity index (χ2n) is 8.48. The van der Waals surface area contributed by atoms with E-state index in [1.165, 1.54) is 35.6 Å². The van der Waals surface area contributed by atoms with Crippen molar-refractivity contribution in [2.75, 3.05) is 11.4 Å². The van der Waals surface area contributed by atoms with E-state index in [4.69, 9.17) is 16.0 Å². The van der Waals surface area contributed by atoms with Gasteiger partial charge in [-0.1, -0.05) is 41.9 Å². The van der Waals surface area contributed by atoms with Crippen LogP contribution in [-0.2, 0) is 16.6 Å². The summed E-state index contributed by atoms with van der Waals surface area (Å²) in [6.45, 7) is 0.151. The summed E-state index contributed by atoms with van der Waals surface area (Å²) >= 11 is 6.23. The number of rotatable bonds is 8. The molecule has 1 fully saturated rings. The largest absolute Gasteiger partial charge is 0.419 e. The summed E-state index contributed by atoms with van der Waals surface area (Å²) in [5, 5.41) is 8.68. The number of hydrogen-bond acceptors (Lipinski definition) is 6. The first kappa shape index (κ1) is 24.0. The SMILES string of the molecule is CN(c1ccccc1)S(=O)(=O)c1ccc(C(=O)N(Cc2nnc(-c3ccccc3Cl)o2)C2CC2)cc1. The van der Waals surface area contributed by atoms with Gasteiger partial charge in [0.25, 0.3) is 15.9 Å². The van der Waals surface area contributed by atoms with Crippen LogP contribution >= 0.6 is 11.6 Å². The van der Waals surface area contributed by atoms with E-state index in [0.29, 0.717) is 27.7 Å². The number of benzene rings is 3. The molecule has 0 bridgehead atoms. The fourth-order valence-corrected chi connectivity index (χ4v) is 5.24. The molecule has 0 aliphatic heterocycles. The van der Waals surface area contributed by atoms with E-state index in [2.05, 4.69) is 10.2 Å². The highest BCUT2D eigenvalue weighted by Crippen LogP contribution is 2.31. The predicted molar refractivity (Wildman–Crippen MR) is 136 cm³/mol. The summed E-state index contributed by atoms with van der Waals surface area (Å²) in [4.78, 5) is 15.1. The third-order valence-corrected chi connectivity index (χ3v) is 8.13. The number of hydrogen-bond donors (Lipinski definition) is 0. The Hall–Kier alpha value is -3.69. The highest BCUT2D eigenvalue weighted by molar-refractivity contribution is 7.92. The molecule has 0 unspecified atom stereocenters. The third kappa shape index (κ3) is 4.84. The van der Waals surface area contributed by atoms with Crippen molar-refractivity contribution in [3.63, 3.8) is 0 Å². The Morgan fingerprint density at radius 2 is 1.64 bits per heavy atom. The first-order valence-corrected chi connectivity index (χ1v) is 13.2. The molecule has 1 saturated carbocycles. The zero-order valence-electron chi connectivity index (χ0n) is 19.4. The summed E-state index contributed by atoms with van der Waals surface area (Å²) in [5.74, 6) is 0.361. The van der Waals surface area contributed by atoms with Gasteiger partial charge in [0.05, 0.1) is 27.7 Å². The van der Waals surface area contributed by atoms with E-state index in [-0.39, 0.29) is 29.3 Å². The lowest BCUT2D eigenvalue weighted by Gasteiger charge is -2.21. The fraction of sp³-hybridized carbons (Fsp3) is 0.192. The van der Waals surface area contributed by atoms with Gasteiger partial charge in [-0.05, 0) is 61.4 Å². The van der Waals surface area contributed by atoms with E-state index in [0.717, 1.165) is 12.8 Å². The Labute approximate surface area is 214 Å². The number of aromatic nitrogens is 2. The molecule has 0 N–H and O–H groups in total. The number of nitrogens with zero attached hydrogens (tertiary/aromatic N) is 4. The molecule has 10 heteroatoms. The van der Waals surface area contributed by atoms with E-state index >= 15 is 0 Å². The molecule has 0 radical (unpaired) electrons. The fourth-order valence-electron chi connectivity index (χ4n) is 3.83. The molecule has 3 aromatic carbocycles. The molecule has 1 aliphatic rings. The zero-order chi connectivity index (χ0) is 25.3. The topological polar surface area (TPSA) is 96.6 Å². The van der Waals surface area contributed by atoms with Crippen molar-refractivity contribution in [3.05, 3.63) is 95.3 Å². The zero-order valence-corrected chi connectivity index (χ0v) is 21.0. The van der Waals surface area contributed by atoms with Gasteiger partial charge in [0.15, 0.2) is 0 Å². The summed E-state index contributed by atoms with van der Waals surface area (Å²) in [5.41, 5.74) is 1.56. The number of sulfonamides is 1. The molecule has 1 aliphatic carbocycles. The number of halogens is 1. The Bertz CT molecular complexity index is 1490. The Balaban J connectivity index is 1.34. The maximum atomic E-state index is 13.3. The van der Waals surface area contributed by atoms with Crippen molar-refractivity contribution in [3.8, 4) is 11.5 Å². The minimum atomic E-state index is -3.77. The minimum absolute atomic E-state index is 0.0702. The molecule has 0 saturated heterocycles. The maximum absolute atomic E-state index is 13.3. The first-order chi connectivity index (χ1) is 17.3. The van der Waals surface area contributed by atoms with Crippen molar-refractivity contribution in [1.29, 1.82) is 0 Å². The second-order valence-corrected chi connectivity index (χ2v) is 10.9. The first-order valence-electron chi connectivity index (χ1n) is 11.4. The van der Waals surface area contributed by atoms with Crippen molar-refractivity contribution >= 4 is 33.2 Å². The molecule has 1 amide bonds. The van der Waals surface area contributed by atoms with Gasteiger partial charge < -0.3 is 9.32 Å². The molecule has 36 heavy (non-hydrogen) atoms. The molecule has 8 nitrogen and oxygen atoms in total. The van der Waals surface area contributed by atoms with Crippen molar-refractivity contribution in [2.45, 2.75) is 30.3 Å². The molecule has 0 atom stereocenters. The van der Waals surface area contributed by atoms with Crippen LogP contribution in [0.15, 0.2) is 88.2 Å². The Kier molecular flexibility index (Phi) is 6.51. The van der Waals surface area contributed by atoms with Gasteiger partial charge in [-0.25, -0.2) is 8.42 Å². The monoisotopic (exact) mass is 522 g/mol. The van der Waals surface area contributed by atoms with Crippen molar-refractivity contribution in [2.24, 2.45) is 0 Å². The lowest BCUT2D eigenvalue weighted by Crippen LogP contribution is -2.33. The summed E-state index contributed by atoms with van der Waals surface area (Å²) in [6.07, 6.45) is 1.76. The average Bonchev–Trinajstić information content (AvgIpc) is 3.64. The minimum Gasteiger partial charge on any atom is -0.419 e. The number of amides is 1. The summed E-state index contributed by atoms with van der Waals surface area (Å²) in [6, 6.07) is 22.0. The Morgan fingerprint density at radius 1 is 0.972 bits per heavy atom. The van der Waals surface area contributed by atoms with Crippen LogP contribution in [0.2, 0.25) is 5.02 Å². The quantitative estimate of drug-likeness (QED) is 0.322. The van der Waals surface area contributed by atoms with Gasteiger partial charge >= 0.3 is 0 Å². The molecule has 1 heterocycles. The number of carbonyl (C=O) groups excluding carboxylic acids is 1. The van der Waals surface area contributed by atoms with Crippen LogP contribution in [0.5, 0.6) is 0 Å². The van der Waals surface area contributed by atoms with E-state index in [1.807, 2.05) is 18.2 Å². The van der Waals surface area contributed by atoms with Gasteiger partial charge in [0, 0.05) is 18.7 Å². The smallest absolute Gasteiger partial charge is 0.264 e. The van der Waals surface area contributed by atoms with Gasteiger partial charge in [0.2, 0.25) is 11.8 Å². The summed E-state index contributed by atoms with van der Waals surface area (Å²) < 4.78 is 33.1. The van der Waals surface area contributed by atoms with Crippen molar-refractivity contribution < 1.29 is 17.6 Å². The van der Waals surface area contributed by atoms with Gasteiger partial charge in [0.1, 0.15) is 0 Å². The average molecular weight is 523 g/mol. The lowest BCUT2D eigenvalue weighted by molar-refractivity contribution is 0.0714. The lowest BCUT2D eigenvalue weighted by atomic mass is 10.2. The van der Waals surface area contributed by atoms with Crippen LogP contribution in [0.3, 0.4) is 0 Å². The maximum Gasteiger partial charge on any atom is 0.264 e. The molecule has 1 aromatic heterocycles. The molecule has 5 rings (SSSR count). The molecular formula is C26H23ClN4O4S. The predicted octanol–water partition coefficient (Wildman–Crippen LogP) is 5.02. The van der Waals surface area contributed by atoms with E-state index in [9.17, 15) is 13.2 Å². The Morgan fingerprint density at radius 3 is 2.31 bits per heavy atom. The van der Waals surface area contributed by atoms with Crippen LogP contribution in [0.25, 0.3) is 11.5 Å². The van der Waals surface area contributed by atoms with Crippen LogP contribution in [0.4, 0.5) is 5.69 Å². The van der Waals surface area contributed by atoms with Crippen LogP contribution in [0, 0.1) is 0 Å². The van der Waals surface area contributed by atoms with Gasteiger partial charge in [-0.15, -0.1) is 10.2 Å². The third-order valence-electron chi connectivity index (χ3n) is 6.00. The molecule has 0 spiro atoms. The number of para-hydroxylation sites is 1. The second kappa shape index (κ2) is 9.75. The standard InChI is InChI=1S/C26H23ClN4O4S/c1-30(19-7-3-2-4-8-19)36(33,34)21-15-11-18(12-16-21)26(32)31(20-13-14-20)17-24-28-29-25(35-24)22-9-5-6-10-23(22)27/h2-12,15-16,20H,13-14,17H2,1H3. The number of carbonyl (C=O) groups is 1. The van der Waals surface area contributed by atoms with Crippen LogP contribution in [0.1, 0.15) is 29.1 Å². The molecule has 184 valence electrons. The number of anilines is 1. The van der Waals surface area contributed by atoms with Crippen molar-refractivity contribution in [1.82, 2.24) is 15.1 Å².